The number of rotatable bonds is 4. The summed E-state index contributed by atoms with van der Waals surface area (Å²) in [5, 5.41) is 5.73. The molecule has 1 aromatic heterocycles. The summed E-state index contributed by atoms with van der Waals surface area (Å²) in [6.45, 7) is 6.92. The van der Waals surface area contributed by atoms with Crippen LogP contribution in [0.5, 0.6) is 17.2 Å². The van der Waals surface area contributed by atoms with Crippen LogP contribution in [0.15, 0.2) is 36.5 Å². The Hall–Kier alpha value is -3.01. The summed E-state index contributed by atoms with van der Waals surface area (Å²) in [5.41, 5.74) is 3.73. The number of aromatic nitrogens is 1. The van der Waals surface area contributed by atoms with Crippen molar-refractivity contribution in [3.05, 3.63) is 47.7 Å². The molecule has 4 rings (SSSR count). The highest BCUT2D eigenvalue weighted by Crippen LogP contribution is 2.41. The van der Waals surface area contributed by atoms with Crippen LogP contribution in [0.25, 0.3) is 32.4 Å². The molecule has 4 aromatic rings. The predicted octanol–water partition coefficient (Wildman–Crippen LogP) is 5.00. The maximum atomic E-state index is 6.04. The van der Waals surface area contributed by atoms with E-state index in [1.54, 1.807) is 14.2 Å². The Bertz CT molecular complexity index is 1230. The highest BCUT2D eigenvalue weighted by Gasteiger charge is 2.21. The van der Waals surface area contributed by atoms with Gasteiger partial charge in [-0.3, -0.25) is 0 Å². The van der Waals surface area contributed by atoms with Crippen LogP contribution in [-0.2, 0) is 7.05 Å². The van der Waals surface area contributed by atoms with Gasteiger partial charge >= 0.3 is 0 Å². The van der Waals surface area contributed by atoms with Crippen molar-refractivity contribution in [2.24, 2.45) is 7.05 Å². The molecule has 28 heavy (non-hydrogen) atoms. The number of hydrogen-bond donors (Lipinski definition) is 0. The lowest BCUT2D eigenvalue weighted by Crippen LogP contribution is -2.28. The van der Waals surface area contributed by atoms with Gasteiger partial charge < -0.3 is 14.2 Å². The predicted molar refractivity (Wildman–Crippen MR) is 114 cm³/mol. The van der Waals surface area contributed by atoms with Crippen molar-refractivity contribution in [1.82, 2.24) is 0 Å². The third-order valence-electron chi connectivity index (χ3n) is 5.52. The van der Waals surface area contributed by atoms with Gasteiger partial charge in [-0.2, -0.15) is 4.57 Å². The second-order valence-electron chi connectivity index (χ2n) is 7.22. The summed E-state index contributed by atoms with van der Waals surface area (Å²) in [4.78, 5) is 0. The topological polar surface area (TPSA) is 31.6 Å². The fourth-order valence-corrected chi connectivity index (χ4v) is 4.01. The van der Waals surface area contributed by atoms with Gasteiger partial charge in [0.25, 0.3) is 0 Å². The van der Waals surface area contributed by atoms with E-state index < -0.39 is 0 Å². The van der Waals surface area contributed by atoms with E-state index in [2.05, 4.69) is 49.9 Å². The van der Waals surface area contributed by atoms with E-state index >= 15 is 0 Å². The monoisotopic (exact) mass is 376 g/mol. The second kappa shape index (κ2) is 6.86. The van der Waals surface area contributed by atoms with Crippen LogP contribution in [0.2, 0.25) is 0 Å². The normalized spacial score (nSPS) is 11.4. The van der Waals surface area contributed by atoms with Crippen molar-refractivity contribution >= 4 is 32.4 Å². The van der Waals surface area contributed by atoms with Crippen LogP contribution < -0.4 is 18.8 Å². The lowest BCUT2D eigenvalue weighted by molar-refractivity contribution is -0.642. The minimum atomic E-state index is 0.601. The number of nitrogens with zero attached hydrogens (tertiary/aromatic N) is 1. The fourth-order valence-electron chi connectivity index (χ4n) is 4.01. The minimum Gasteiger partial charge on any atom is -0.493 e. The smallest absolute Gasteiger partial charge is 0.221 e. The number of hydrogen-bond acceptors (Lipinski definition) is 3. The van der Waals surface area contributed by atoms with Crippen LogP contribution in [0.3, 0.4) is 0 Å². The first-order valence-corrected chi connectivity index (χ1v) is 9.53. The lowest BCUT2D eigenvalue weighted by atomic mass is 9.97. The molecule has 3 aromatic carbocycles. The molecule has 0 atom stereocenters. The summed E-state index contributed by atoms with van der Waals surface area (Å²) >= 11 is 0. The molecule has 0 amide bonds. The van der Waals surface area contributed by atoms with Crippen LogP contribution in [0.4, 0.5) is 0 Å². The first-order chi connectivity index (χ1) is 13.5. The summed E-state index contributed by atoms with van der Waals surface area (Å²) in [7, 11) is 5.41. The number of benzene rings is 3. The van der Waals surface area contributed by atoms with Gasteiger partial charge in [0.05, 0.1) is 31.6 Å². The fraction of sp³-hybridized carbons (Fsp3) is 0.292. The molecule has 0 aliphatic heterocycles. The lowest BCUT2D eigenvalue weighted by Gasteiger charge is -2.15. The van der Waals surface area contributed by atoms with Crippen LogP contribution in [-0.4, -0.2) is 20.8 Å². The summed E-state index contributed by atoms with van der Waals surface area (Å²) in [6.07, 6.45) is 2.20. The van der Waals surface area contributed by atoms with Gasteiger partial charge in [-0.1, -0.05) is 6.07 Å². The van der Waals surface area contributed by atoms with Gasteiger partial charge in [0.15, 0.2) is 17.7 Å². The van der Waals surface area contributed by atoms with E-state index in [4.69, 9.17) is 14.2 Å². The molecule has 0 fully saturated rings. The van der Waals surface area contributed by atoms with Crippen molar-refractivity contribution in [2.75, 3.05) is 20.8 Å². The van der Waals surface area contributed by atoms with E-state index in [0.29, 0.717) is 18.1 Å². The van der Waals surface area contributed by atoms with Crippen LogP contribution >= 0.6 is 0 Å². The van der Waals surface area contributed by atoms with Crippen molar-refractivity contribution < 1.29 is 18.8 Å². The zero-order chi connectivity index (χ0) is 20.0. The Morgan fingerprint density at radius 3 is 1.96 bits per heavy atom. The van der Waals surface area contributed by atoms with E-state index in [-0.39, 0.29) is 0 Å². The Morgan fingerprint density at radius 1 is 0.750 bits per heavy atom. The molecule has 0 saturated carbocycles. The largest absolute Gasteiger partial charge is 0.493 e. The average Bonchev–Trinajstić information content (AvgIpc) is 2.68. The number of pyridine rings is 1. The quantitative estimate of drug-likeness (QED) is 0.371. The molecule has 0 bridgehead atoms. The molecule has 4 heteroatoms. The van der Waals surface area contributed by atoms with Crippen molar-refractivity contribution in [2.45, 2.75) is 20.8 Å². The van der Waals surface area contributed by atoms with Gasteiger partial charge in [0.1, 0.15) is 12.8 Å². The average molecular weight is 376 g/mol. The molecule has 0 aliphatic rings. The number of methoxy groups -OCH3 is 2. The number of ether oxygens (including phenoxy) is 3. The molecular formula is C24H26NO3+. The van der Waals surface area contributed by atoms with Crippen molar-refractivity contribution in [3.8, 4) is 17.2 Å². The highest BCUT2D eigenvalue weighted by atomic mass is 16.5. The van der Waals surface area contributed by atoms with Crippen molar-refractivity contribution in [1.29, 1.82) is 0 Å². The number of aryl methyl sites for hydroxylation is 3. The molecule has 0 N–H and O–H groups in total. The van der Waals surface area contributed by atoms with Crippen LogP contribution in [0.1, 0.15) is 18.1 Å². The molecule has 0 aliphatic carbocycles. The Kier molecular flexibility index (Phi) is 4.50. The zero-order valence-corrected chi connectivity index (χ0v) is 17.3. The summed E-state index contributed by atoms with van der Waals surface area (Å²) in [5.74, 6) is 2.27. The van der Waals surface area contributed by atoms with Gasteiger partial charge in [-0.15, -0.1) is 0 Å². The van der Waals surface area contributed by atoms with Gasteiger partial charge in [-0.05, 0) is 56.2 Å². The summed E-state index contributed by atoms with van der Waals surface area (Å²) in [6, 6.07) is 10.7. The van der Waals surface area contributed by atoms with E-state index in [1.807, 2.05) is 19.1 Å². The molecule has 0 radical (unpaired) electrons. The summed E-state index contributed by atoms with van der Waals surface area (Å²) < 4.78 is 19.3. The third kappa shape index (κ3) is 2.71. The van der Waals surface area contributed by atoms with Crippen molar-refractivity contribution in [3.63, 3.8) is 0 Å². The van der Waals surface area contributed by atoms with Crippen LogP contribution in [0, 0.1) is 13.8 Å². The standard InChI is InChI=1S/C24H26NO3/c1-7-28-21-11-19-17-9-15(3)14(2)8-16(17)13-25(4)24(19)20-12-23(27-6)22(26-5)10-18(20)21/h8-13H,7H2,1-6H3/q+1. The molecule has 0 saturated heterocycles. The third-order valence-corrected chi connectivity index (χ3v) is 5.52. The molecule has 4 nitrogen and oxygen atoms in total. The first kappa shape index (κ1) is 18.4. The van der Waals surface area contributed by atoms with E-state index in [0.717, 1.165) is 22.0 Å². The Balaban J connectivity index is 2.25. The van der Waals surface area contributed by atoms with Gasteiger partial charge in [-0.25, -0.2) is 0 Å². The molecule has 144 valence electrons. The molecule has 0 spiro atoms. The first-order valence-electron chi connectivity index (χ1n) is 9.53. The minimum absolute atomic E-state index is 0.601. The Morgan fingerprint density at radius 2 is 1.32 bits per heavy atom. The van der Waals surface area contributed by atoms with Gasteiger partial charge in [0, 0.05) is 16.2 Å². The second-order valence-corrected chi connectivity index (χ2v) is 7.22. The molecule has 1 heterocycles. The number of fused-ring (bicyclic) bond motifs is 5. The molecular weight excluding hydrogens is 350 g/mol. The highest BCUT2D eigenvalue weighted by molar-refractivity contribution is 6.16. The van der Waals surface area contributed by atoms with E-state index in [9.17, 15) is 0 Å². The Labute approximate surface area is 165 Å². The maximum Gasteiger partial charge on any atom is 0.221 e. The molecule has 0 unspecified atom stereocenters. The van der Waals surface area contributed by atoms with Gasteiger partial charge in [0.2, 0.25) is 5.52 Å². The zero-order valence-electron chi connectivity index (χ0n) is 17.3. The SMILES string of the molecule is CCOc1cc2c3cc(C)c(C)cc3c[n+](C)c2c2cc(OC)c(OC)cc12. The maximum absolute atomic E-state index is 6.04. The van der Waals surface area contributed by atoms with E-state index in [1.165, 1.54) is 27.3 Å².